The molecule has 0 aliphatic heterocycles. The Morgan fingerprint density at radius 2 is 1.71 bits per heavy atom. The maximum Gasteiger partial charge on any atom is 0.322 e. The van der Waals surface area contributed by atoms with Crippen molar-refractivity contribution in [1.82, 2.24) is 5.32 Å². The summed E-state index contributed by atoms with van der Waals surface area (Å²) in [5.74, 6) is 3.68. The maximum atomic E-state index is 10.9. The molecule has 2 N–H and O–H groups in total. The Morgan fingerprint density at radius 1 is 0.935 bits per heavy atom. The number of nitrogens with one attached hydrogen (secondary N) is 1. The van der Waals surface area contributed by atoms with Gasteiger partial charge in [-0.2, -0.15) is 0 Å². The van der Waals surface area contributed by atoms with Crippen LogP contribution >= 0.6 is 0 Å². The standard InChI is InChI=1S/C19H32.C8H15NO3/c1-18-11-5-7-16(18)15-9-8-14-6-3-4-12-19(14,2)17(15)10-13-18;1-6(2)3-4-7(10)9-5-8(11)12/h14-17H,3-13H2,1-2H3;6H,3-5H2,1-2H3,(H,9,10)(H,11,12). The van der Waals surface area contributed by atoms with E-state index in [1.807, 2.05) is 13.8 Å². The lowest BCUT2D eigenvalue weighted by Crippen LogP contribution is -2.51. The predicted octanol–water partition coefficient (Wildman–Crippen LogP) is 6.43. The summed E-state index contributed by atoms with van der Waals surface area (Å²) in [6.45, 7) is 9.09. The summed E-state index contributed by atoms with van der Waals surface area (Å²) in [6.07, 6.45) is 18.3. The molecule has 4 heteroatoms. The van der Waals surface area contributed by atoms with Crippen LogP contribution in [0.15, 0.2) is 0 Å². The van der Waals surface area contributed by atoms with Gasteiger partial charge >= 0.3 is 5.97 Å². The zero-order valence-corrected chi connectivity index (χ0v) is 20.5. The molecule has 0 heterocycles. The molecule has 4 aliphatic carbocycles. The third-order valence-corrected chi connectivity index (χ3v) is 9.75. The number of aliphatic carboxylic acids is 1. The summed E-state index contributed by atoms with van der Waals surface area (Å²) in [4.78, 5) is 20.9. The van der Waals surface area contributed by atoms with E-state index in [-0.39, 0.29) is 12.5 Å². The SMILES string of the molecule is CC(C)CCC(=O)NCC(=O)O.CC12CCCC1C1CCC3CCCCC3(C)C1CC2. The second-order valence-electron chi connectivity index (χ2n) is 12.1. The number of carbonyl (C=O) groups excluding carboxylic acids is 1. The molecule has 1 amide bonds. The van der Waals surface area contributed by atoms with E-state index in [4.69, 9.17) is 5.11 Å². The van der Waals surface area contributed by atoms with E-state index in [0.717, 1.165) is 40.9 Å². The van der Waals surface area contributed by atoms with Gasteiger partial charge in [0.1, 0.15) is 6.54 Å². The molecule has 4 fully saturated rings. The molecule has 4 rings (SSSR count). The molecule has 0 spiro atoms. The Kier molecular flexibility index (Phi) is 8.13. The molecule has 4 saturated carbocycles. The van der Waals surface area contributed by atoms with Crippen molar-refractivity contribution >= 4 is 11.9 Å². The molecule has 0 aromatic rings. The van der Waals surface area contributed by atoms with Crippen LogP contribution in [0, 0.1) is 40.4 Å². The van der Waals surface area contributed by atoms with Gasteiger partial charge in [0.05, 0.1) is 0 Å². The van der Waals surface area contributed by atoms with E-state index < -0.39 is 5.97 Å². The van der Waals surface area contributed by atoms with E-state index in [2.05, 4.69) is 19.2 Å². The first-order valence-corrected chi connectivity index (χ1v) is 13.1. The molecule has 0 aromatic heterocycles. The van der Waals surface area contributed by atoms with Crippen molar-refractivity contribution in [3.8, 4) is 0 Å². The van der Waals surface area contributed by atoms with Crippen molar-refractivity contribution in [2.45, 2.75) is 111 Å². The van der Waals surface area contributed by atoms with Crippen molar-refractivity contribution in [2.24, 2.45) is 40.4 Å². The van der Waals surface area contributed by atoms with Crippen LogP contribution < -0.4 is 5.32 Å². The van der Waals surface area contributed by atoms with Gasteiger partial charge in [-0.25, -0.2) is 0 Å². The third kappa shape index (κ3) is 5.66. The third-order valence-electron chi connectivity index (χ3n) is 9.75. The highest BCUT2D eigenvalue weighted by Crippen LogP contribution is 2.66. The van der Waals surface area contributed by atoms with Crippen LogP contribution in [0.5, 0.6) is 0 Å². The van der Waals surface area contributed by atoms with Gasteiger partial charge in [-0.3, -0.25) is 9.59 Å². The van der Waals surface area contributed by atoms with Crippen LogP contribution in [0.3, 0.4) is 0 Å². The van der Waals surface area contributed by atoms with Gasteiger partial charge in [0.15, 0.2) is 0 Å². The summed E-state index contributed by atoms with van der Waals surface area (Å²) in [5.41, 5.74) is 1.49. The summed E-state index contributed by atoms with van der Waals surface area (Å²) >= 11 is 0. The molecular weight excluding hydrogens is 386 g/mol. The molecule has 6 atom stereocenters. The molecule has 0 aromatic carbocycles. The minimum Gasteiger partial charge on any atom is -0.480 e. The lowest BCUT2D eigenvalue weighted by Gasteiger charge is -2.60. The summed E-state index contributed by atoms with van der Waals surface area (Å²) in [6, 6.07) is 0. The lowest BCUT2D eigenvalue weighted by molar-refractivity contribution is -0.137. The number of fused-ring (bicyclic) bond motifs is 5. The first kappa shape index (κ1) is 24.6. The van der Waals surface area contributed by atoms with Gasteiger partial charge in [-0.15, -0.1) is 0 Å². The van der Waals surface area contributed by atoms with E-state index in [9.17, 15) is 9.59 Å². The van der Waals surface area contributed by atoms with E-state index in [1.165, 1.54) is 19.3 Å². The fourth-order valence-corrected chi connectivity index (χ4v) is 7.97. The number of carboxylic acid groups (broad SMARTS) is 1. The Morgan fingerprint density at radius 3 is 2.42 bits per heavy atom. The first-order chi connectivity index (χ1) is 14.7. The number of hydrogen-bond acceptors (Lipinski definition) is 2. The van der Waals surface area contributed by atoms with Crippen LogP contribution in [-0.4, -0.2) is 23.5 Å². The van der Waals surface area contributed by atoms with Crippen LogP contribution in [-0.2, 0) is 9.59 Å². The normalized spacial score (nSPS) is 38.9. The number of carboxylic acids is 1. The van der Waals surface area contributed by atoms with Crippen LogP contribution in [0.4, 0.5) is 0 Å². The monoisotopic (exact) mass is 433 g/mol. The van der Waals surface area contributed by atoms with Crippen LogP contribution in [0.2, 0.25) is 0 Å². The number of hydrogen-bond donors (Lipinski definition) is 2. The zero-order chi connectivity index (χ0) is 22.6. The molecule has 4 aliphatic rings. The average molecular weight is 434 g/mol. The highest BCUT2D eigenvalue weighted by molar-refractivity contribution is 5.80. The molecule has 178 valence electrons. The van der Waals surface area contributed by atoms with Gasteiger partial charge in [0, 0.05) is 6.42 Å². The van der Waals surface area contributed by atoms with Crippen LogP contribution in [0.25, 0.3) is 0 Å². The second-order valence-corrected chi connectivity index (χ2v) is 12.1. The Bertz CT molecular complexity index is 632. The van der Waals surface area contributed by atoms with Crippen LogP contribution in [0.1, 0.15) is 111 Å². The maximum absolute atomic E-state index is 10.9. The minimum absolute atomic E-state index is 0.189. The minimum atomic E-state index is -1.01. The van der Waals surface area contributed by atoms with Gasteiger partial charge in [0.25, 0.3) is 0 Å². The molecule has 31 heavy (non-hydrogen) atoms. The van der Waals surface area contributed by atoms with Gasteiger partial charge in [0.2, 0.25) is 5.91 Å². The van der Waals surface area contributed by atoms with Crippen molar-refractivity contribution in [3.63, 3.8) is 0 Å². The Labute approximate surface area is 190 Å². The summed E-state index contributed by atoms with van der Waals surface area (Å²) in [5, 5.41) is 10.5. The lowest BCUT2D eigenvalue weighted by atomic mass is 9.45. The molecule has 0 bridgehead atoms. The van der Waals surface area contributed by atoms with Gasteiger partial charge < -0.3 is 10.4 Å². The average Bonchev–Trinajstić information content (AvgIpc) is 3.12. The molecule has 0 radical (unpaired) electrons. The largest absolute Gasteiger partial charge is 0.480 e. The Balaban J connectivity index is 0.000000199. The second kappa shape index (κ2) is 10.3. The number of carbonyl (C=O) groups is 2. The van der Waals surface area contributed by atoms with E-state index in [1.54, 1.807) is 51.4 Å². The van der Waals surface area contributed by atoms with Gasteiger partial charge in [-0.05, 0) is 98.2 Å². The number of rotatable bonds is 5. The van der Waals surface area contributed by atoms with Crippen molar-refractivity contribution in [2.75, 3.05) is 6.54 Å². The molecule has 6 unspecified atom stereocenters. The van der Waals surface area contributed by atoms with Crippen molar-refractivity contribution in [1.29, 1.82) is 0 Å². The molecule has 4 nitrogen and oxygen atoms in total. The topological polar surface area (TPSA) is 66.4 Å². The van der Waals surface area contributed by atoms with Crippen molar-refractivity contribution < 1.29 is 14.7 Å². The fourth-order valence-electron chi connectivity index (χ4n) is 7.97. The van der Waals surface area contributed by atoms with Gasteiger partial charge in [-0.1, -0.05) is 47.0 Å². The smallest absolute Gasteiger partial charge is 0.322 e. The van der Waals surface area contributed by atoms with E-state index in [0.29, 0.717) is 12.3 Å². The molecule has 0 saturated heterocycles. The summed E-state index contributed by atoms with van der Waals surface area (Å²) < 4.78 is 0. The Hall–Kier alpha value is -1.06. The summed E-state index contributed by atoms with van der Waals surface area (Å²) in [7, 11) is 0. The first-order valence-electron chi connectivity index (χ1n) is 13.1. The zero-order valence-electron chi connectivity index (χ0n) is 20.5. The highest BCUT2D eigenvalue weighted by Gasteiger charge is 2.56. The predicted molar refractivity (Wildman–Crippen MR) is 126 cm³/mol. The quantitative estimate of drug-likeness (QED) is 0.525. The highest BCUT2D eigenvalue weighted by atomic mass is 16.4. The fraction of sp³-hybridized carbons (Fsp3) is 0.926. The van der Waals surface area contributed by atoms with Crippen molar-refractivity contribution in [3.05, 3.63) is 0 Å². The number of amides is 1. The molecular formula is C27H47NO3. The van der Waals surface area contributed by atoms with E-state index >= 15 is 0 Å².